The zero-order valence-corrected chi connectivity index (χ0v) is 10.4. The van der Waals surface area contributed by atoms with Crippen molar-refractivity contribution < 1.29 is 4.79 Å². The number of aromatic nitrogens is 2. The van der Waals surface area contributed by atoms with Gasteiger partial charge < -0.3 is 5.32 Å². The van der Waals surface area contributed by atoms with Gasteiger partial charge in [0.05, 0.1) is 16.9 Å². The van der Waals surface area contributed by atoms with Crippen LogP contribution >= 0.6 is 23.2 Å². The summed E-state index contributed by atoms with van der Waals surface area (Å²) in [5.74, 6) is -0.302. The van der Waals surface area contributed by atoms with Gasteiger partial charge in [-0.05, 0) is 30.7 Å². The minimum absolute atomic E-state index is 0.302. The Morgan fingerprint density at radius 1 is 1.41 bits per heavy atom. The van der Waals surface area contributed by atoms with E-state index in [1.165, 1.54) is 0 Å². The van der Waals surface area contributed by atoms with Crippen molar-refractivity contribution in [3.8, 4) is 0 Å². The molecule has 0 aliphatic heterocycles. The molecule has 1 heterocycles. The summed E-state index contributed by atoms with van der Waals surface area (Å²) in [6, 6.07) is 4.87. The molecule has 0 atom stereocenters. The van der Waals surface area contributed by atoms with E-state index in [2.05, 4.69) is 15.5 Å². The molecule has 0 aliphatic carbocycles. The number of H-pyrrole nitrogens is 1. The van der Waals surface area contributed by atoms with Crippen LogP contribution in [-0.4, -0.2) is 16.1 Å². The third-order valence-corrected chi connectivity index (χ3v) is 2.80. The fraction of sp³-hybridized carbons (Fsp3) is 0.0909. The van der Waals surface area contributed by atoms with Gasteiger partial charge >= 0.3 is 0 Å². The Balaban J connectivity index is 2.24. The zero-order chi connectivity index (χ0) is 12.4. The number of nitrogens with zero attached hydrogens (tertiary/aromatic N) is 1. The lowest BCUT2D eigenvalue weighted by Crippen LogP contribution is -2.13. The first-order valence-electron chi connectivity index (χ1n) is 4.84. The zero-order valence-electron chi connectivity index (χ0n) is 8.92. The molecule has 2 N–H and O–H groups in total. The predicted octanol–water partition coefficient (Wildman–Crippen LogP) is 3.28. The molecular weight excluding hydrogens is 261 g/mol. The summed E-state index contributed by atoms with van der Waals surface area (Å²) in [4.78, 5) is 11.9. The summed E-state index contributed by atoms with van der Waals surface area (Å²) in [6.45, 7) is 1.79. The summed E-state index contributed by atoms with van der Waals surface area (Å²) in [5.41, 5.74) is 1.64. The van der Waals surface area contributed by atoms with E-state index in [9.17, 15) is 4.79 Å². The largest absolute Gasteiger partial charge is 0.319 e. The average Bonchev–Trinajstić information content (AvgIpc) is 2.70. The molecule has 1 amide bonds. The van der Waals surface area contributed by atoms with E-state index in [1.54, 1.807) is 31.3 Å². The lowest BCUT2D eigenvalue weighted by Gasteiger charge is -2.06. The lowest BCUT2D eigenvalue weighted by molar-refractivity contribution is 0.102. The number of amides is 1. The van der Waals surface area contributed by atoms with Crippen LogP contribution in [0.2, 0.25) is 10.0 Å². The molecule has 1 aromatic carbocycles. The number of benzene rings is 1. The Hall–Kier alpha value is -1.52. The van der Waals surface area contributed by atoms with Gasteiger partial charge in [-0.3, -0.25) is 9.89 Å². The number of nitrogens with one attached hydrogen (secondary N) is 2. The number of hydrogen-bond donors (Lipinski definition) is 2. The molecule has 0 saturated heterocycles. The van der Waals surface area contributed by atoms with Gasteiger partial charge in [-0.2, -0.15) is 5.10 Å². The van der Waals surface area contributed by atoms with Crippen LogP contribution in [0, 0.1) is 6.92 Å². The summed E-state index contributed by atoms with van der Waals surface area (Å²) < 4.78 is 0. The quantitative estimate of drug-likeness (QED) is 0.879. The normalized spacial score (nSPS) is 10.3. The van der Waals surface area contributed by atoms with E-state index in [4.69, 9.17) is 23.2 Å². The molecule has 0 aliphatic rings. The van der Waals surface area contributed by atoms with Gasteiger partial charge in [0.15, 0.2) is 0 Å². The minimum atomic E-state index is -0.302. The SMILES string of the molecule is Cc1cn[nH]c1C(=O)Nc1cc(Cl)ccc1Cl. The lowest BCUT2D eigenvalue weighted by atomic mass is 10.2. The van der Waals surface area contributed by atoms with Crippen molar-refractivity contribution in [3.63, 3.8) is 0 Å². The summed E-state index contributed by atoms with van der Waals surface area (Å²) in [7, 11) is 0. The van der Waals surface area contributed by atoms with Crippen molar-refractivity contribution in [2.75, 3.05) is 5.32 Å². The van der Waals surface area contributed by atoms with Gasteiger partial charge in [0.1, 0.15) is 5.69 Å². The Morgan fingerprint density at radius 2 is 2.18 bits per heavy atom. The second-order valence-corrected chi connectivity index (χ2v) is 4.35. The van der Waals surface area contributed by atoms with Gasteiger partial charge in [0, 0.05) is 5.02 Å². The van der Waals surface area contributed by atoms with Crippen molar-refractivity contribution in [2.24, 2.45) is 0 Å². The molecule has 0 fully saturated rings. The molecule has 6 heteroatoms. The number of carbonyl (C=O) groups excluding carboxylic acids is 1. The highest BCUT2D eigenvalue weighted by molar-refractivity contribution is 6.35. The van der Waals surface area contributed by atoms with Crippen LogP contribution in [0.5, 0.6) is 0 Å². The van der Waals surface area contributed by atoms with E-state index in [1.807, 2.05) is 0 Å². The Kier molecular flexibility index (Phi) is 3.36. The van der Waals surface area contributed by atoms with E-state index < -0.39 is 0 Å². The topological polar surface area (TPSA) is 57.8 Å². The molecule has 17 heavy (non-hydrogen) atoms. The van der Waals surface area contributed by atoms with E-state index in [0.717, 1.165) is 5.56 Å². The fourth-order valence-corrected chi connectivity index (χ4v) is 1.69. The number of aromatic amines is 1. The van der Waals surface area contributed by atoms with Crippen molar-refractivity contribution in [2.45, 2.75) is 6.92 Å². The van der Waals surface area contributed by atoms with Gasteiger partial charge in [-0.25, -0.2) is 0 Å². The monoisotopic (exact) mass is 269 g/mol. The maximum absolute atomic E-state index is 11.9. The van der Waals surface area contributed by atoms with E-state index >= 15 is 0 Å². The third-order valence-electron chi connectivity index (χ3n) is 2.23. The van der Waals surface area contributed by atoms with Crippen LogP contribution in [0.4, 0.5) is 5.69 Å². The highest BCUT2D eigenvalue weighted by atomic mass is 35.5. The van der Waals surface area contributed by atoms with Crippen molar-refractivity contribution >= 4 is 34.8 Å². The fourth-order valence-electron chi connectivity index (χ4n) is 1.35. The molecule has 88 valence electrons. The van der Waals surface area contributed by atoms with Gasteiger partial charge in [-0.15, -0.1) is 0 Å². The van der Waals surface area contributed by atoms with Crippen LogP contribution in [0.25, 0.3) is 0 Å². The number of hydrogen-bond acceptors (Lipinski definition) is 2. The molecule has 0 bridgehead atoms. The highest BCUT2D eigenvalue weighted by Gasteiger charge is 2.12. The minimum Gasteiger partial charge on any atom is -0.319 e. The summed E-state index contributed by atoms with van der Waals surface area (Å²) in [6.07, 6.45) is 1.58. The number of anilines is 1. The van der Waals surface area contributed by atoms with Gasteiger partial charge in [-0.1, -0.05) is 23.2 Å². The molecule has 0 radical (unpaired) electrons. The molecule has 0 spiro atoms. The summed E-state index contributed by atoms with van der Waals surface area (Å²) >= 11 is 11.8. The molecule has 0 unspecified atom stereocenters. The van der Waals surface area contributed by atoms with Crippen LogP contribution < -0.4 is 5.32 Å². The second kappa shape index (κ2) is 4.77. The first kappa shape index (κ1) is 12.0. The number of rotatable bonds is 2. The number of carbonyl (C=O) groups is 1. The Bertz CT molecular complexity index is 566. The first-order chi connectivity index (χ1) is 8.08. The molecular formula is C11H9Cl2N3O. The average molecular weight is 270 g/mol. The molecule has 0 saturated carbocycles. The van der Waals surface area contributed by atoms with Crippen LogP contribution in [-0.2, 0) is 0 Å². The summed E-state index contributed by atoms with van der Waals surface area (Å²) in [5, 5.41) is 10.0. The number of halogens is 2. The molecule has 2 rings (SSSR count). The van der Waals surface area contributed by atoms with Crippen LogP contribution in [0.1, 0.15) is 16.1 Å². The predicted molar refractivity (Wildman–Crippen MR) is 67.7 cm³/mol. The van der Waals surface area contributed by atoms with Gasteiger partial charge in [0.25, 0.3) is 5.91 Å². The molecule has 4 nitrogen and oxygen atoms in total. The van der Waals surface area contributed by atoms with Crippen molar-refractivity contribution in [3.05, 3.63) is 45.7 Å². The van der Waals surface area contributed by atoms with Gasteiger partial charge in [0.2, 0.25) is 0 Å². The standard InChI is InChI=1S/C11H9Cl2N3O/c1-6-5-14-16-10(6)11(17)15-9-4-7(12)2-3-8(9)13/h2-5H,1H3,(H,14,16)(H,15,17). The van der Waals surface area contributed by atoms with Crippen LogP contribution in [0.3, 0.4) is 0 Å². The Morgan fingerprint density at radius 3 is 2.82 bits per heavy atom. The smallest absolute Gasteiger partial charge is 0.273 e. The van der Waals surface area contributed by atoms with Crippen molar-refractivity contribution in [1.82, 2.24) is 10.2 Å². The highest BCUT2D eigenvalue weighted by Crippen LogP contribution is 2.25. The van der Waals surface area contributed by atoms with Crippen molar-refractivity contribution in [1.29, 1.82) is 0 Å². The maximum Gasteiger partial charge on any atom is 0.273 e. The molecule has 1 aromatic heterocycles. The Labute approximate surface area is 108 Å². The third kappa shape index (κ3) is 2.60. The molecule has 2 aromatic rings. The maximum atomic E-state index is 11.9. The number of aryl methyl sites for hydroxylation is 1. The van der Waals surface area contributed by atoms with E-state index in [0.29, 0.717) is 21.4 Å². The van der Waals surface area contributed by atoms with Crippen LogP contribution in [0.15, 0.2) is 24.4 Å². The first-order valence-corrected chi connectivity index (χ1v) is 5.60. The van der Waals surface area contributed by atoms with E-state index in [-0.39, 0.29) is 5.91 Å². The second-order valence-electron chi connectivity index (χ2n) is 3.51.